The summed E-state index contributed by atoms with van der Waals surface area (Å²) in [7, 11) is 0. The van der Waals surface area contributed by atoms with Gasteiger partial charge in [0.1, 0.15) is 11.4 Å². The average molecular weight is 353 g/mol. The normalized spacial score (nSPS) is 29.8. The van der Waals surface area contributed by atoms with Crippen LogP contribution in [-0.4, -0.2) is 34.3 Å². The lowest BCUT2D eigenvalue weighted by Gasteiger charge is -2.40. The van der Waals surface area contributed by atoms with E-state index in [0.29, 0.717) is 24.2 Å². The molecule has 4 nitrogen and oxygen atoms in total. The molecule has 0 radical (unpaired) electrons. The highest BCUT2D eigenvalue weighted by Crippen LogP contribution is 2.51. The lowest BCUT2D eigenvalue weighted by Crippen LogP contribution is -2.52. The Morgan fingerprint density at radius 2 is 2.16 bits per heavy atom. The number of Topliss-reactive ketones (excluding diaryl/α,β-unsaturated/α-hetero) is 1. The fourth-order valence-corrected chi connectivity index (χ4v) is 5.55. The summed E-state index contributed by atoms with van der Waals surface area (Å²) in [6.45, 7) is 0. The van der Waals surface area contributed by atoms with Crippen LogP contribution in [0.3, 0.4) is 0 Å². The van der Waals surface area contributed by atoms with Gasteiger partial charge in [-0.1, -0.05) is 12.1 Å². The van der Waals surface area contributed by atoms with E-state index < -0.39 is 5.60 Å². The highest BCUT2D eigenvalue weighted by Gasteiger charge is 2.61. The zero-order chi connectivity index (χ0) is 17.0. The van der Waals surface area contributed by atoms with Gasteiger partial charge >= 0.3 is 0 Å². The van der Waals surface area contributed by atoms with E-state index in [0.717, 1.165) is 24.8 Å². The first-order valence-corrected chi connectivity index (χ1v) is 9.74. The van der Waals surface area contributed by atoms with Gasteiger partial charge in [-0.25, -0.2) is 0 Å². The Morgan fingerprint density at radius 1 is 1.28 bits per heavy atom. The van der Waals surface area contributed by atoms with Crippen LogP contribution in [0.25, 0.3) is 0 Å². The molecule has 0 aliphatic carbocycles. The van der Waals surface area contributed by atoms with Crippen molar-refractivity contribution in [2.75, 3.05) is 0 Å². The number of thiophene rings is 1. The Bertz CT molecular complexity index is 846. The molecular weight excluding hydrogens is 334 g/mol. The topological polar surface area (TPSA) is 46.6 Å². The predicted molar refractivity (Wildman–Crippen MR) is 95.0 cm³/mol. The van der Waals surface area contributed by atoms with E-state index in [4.69, 9.17) is 4.74 Å². The third-order valence-corrected chi connectivity index (χ3v) is 6.61. The predicted octanol–water partition coefficient (Wildman–Crippen LogP) is 3.46. The van der Waals surface area contributed by atoms with Gasteiger partial charge in [0.05, 0.1) is 24.4 Å². The average Bonchev–Trinajstić information content (AvgIpc) is 3.30. The van der Waals surface area contributed by atoms with Gasteiger partial charge in [0.25, 0.3) is 0 Å². The minimum Gasteiger partial charge on any atom is -0.484 e. The second-order valence-corrected chi connectivity index (χ2v) is 8.10. The van der Waals surface area contributed by atoms with Crippen molar-refractivity contribution in [3.63, 3.8) is 0 Å². The zero-order valence-electron chi connectivity index (χ0n) is 13.8. The molecule has 0 unspecified atom stereocenters. The number of ketones is 1. The van der Waals surface area contributed by atoms with Gasteiger partial charge in [-0.3, -0.25) is 9.59 Å². The number of amides is 1. The zero-order valence-corrected chi connectivity index (χ0v) is 14.6. The smallest absolute Gasteiger partial charge is 0.227 e. The number of ether oxygens (including phenoxy) is 1. The first kappa shape index (κ1) is 15.1. The summed E-state index contributed by atoms with van der Waals surface area (Å²) in [5.74, 6) is 0.980. The van der Waals surface area contributed by atoms with Crippen LogP contribution < -0.4 is 4.74 Å². The van der Waals surface area contributed by atoms with Crippen LogP contribution in [0.5, 0.6) is 5.75 Å². The molecule has 3 aliphatic rings. The molecule has 1 aromatic heterocycles. The Kier molecular flexibility index (Phi) is 3.29. The molecule has 1 aromatic carbocycles. The highest BCUT2D eigenvalue weighted by molar-refractivity contribution is 7.08. The fraction of sp³-hybridized carbons (Fsp3) is 0.400. The van der Waals surface area contributed by atoms with Crippen LogP contribution in [0.2, 0.25) is 0 Å². The molecule has 2 bridgehead atoms. The van der Waals surface area contributed by atoms with Gasteiger partial charge in [-0.05, 0) is 47.4 Å². The van der Waals surface area contributed by atoms with Crippen molar-refractivity contribution >= 4 is 23.0 Å². The molecule has 1 spiro atoms. The van der Waals surface area contributed by atoms with Crippen molar-refractivity contribution in [3.8, 4) is 5.75 Å². The highest BCUT2D eigenvalue weighted by atomic mass is 32.1. The van der Waals surface area contributed by atoms with Gasteiger partial charge in [-0.15, -0.1) is 0 Å². The van der Waals surface area contributed by atoms with Crippen LogP contribution in [0.1, 0.15) is 41.6 Å². The lowest BCUT2D eigenvalue weighted by atomic mass is 9.78. The number of fused-ring (bicyclic) bond motifs is 4. The maximum Gasteiger partial charge on any atom is 0.227 e. The molecule has 5 heteroatoms. The van der Waals surface area contributed by atoms with Gasteiger partial charge in [0.15, 0.2) is 5.78 Å². The summed E-state index contributed by atoms with van der Waals surface area (Å²) >= 11 is 1.62. The van der Waals surface area contributed by atoms with E-state index in [1.54, 1.807) is 11.3 Å². The van der Waals surface area contributed by atoms with E-state index in [1.165, 1.54) is 0 Å². The van der Waals surface area contributed by atoms with Crippen LogP contribution in [0.15, 0.2) is 41.1 Å². The SMILES string of the molecule is O=C1C[C@]2(C[C@@H]3CC[C@@H]2N3C(=O)Cc2ccsc2)Oc2ccccc21. The maximum absolute atomic E-state index is 12.9. The third-order valence-electron chi connectivity index (χ3n) is 5.87. The van der Waals surface area contributed by atoms with E-state index >= 15 is 0 Å². The quantitative estimate of drug-likeness (QED) is 0.831. The molecule has 2 aromatic rings. The molecule has 1 amide bonds. The monoisotopic (exact) mass is 353 g/mol. The molecule has 2 fully saturated rings. The van der Waals surface area contributed by atoms with Crippen LogP contribution in [0.4, 0.5) is 0 Å². The summed E-state index contributed by atoms with van der Waals surface area (Å²) in [6, 6.07) is 9.70. The summed E-state index contributed by atoms with van der Waals surface area (Å²) in [4.78, 5) is 27.6. The molecule has 2 saturated heterocycles. The largest absolute Gasteiger partial charge is 0.484 e. The van der Waals surface area contributed by atoms with E-state index in [1.807, 2.05) is 46.0 Å². The van der Waals surface area contributed by atoms with E-state index in [9.17, 15) is 9.59 Å². The van der Waals surface area contributed by atoms with Crippen molar-refractivity contribution in [2.24, 2.45) is 0 Å². The van der Waals surface area contributed by atoms with Gasteiger partial charge in [-0.2, -0.15) is 11.3 Å². The van der Waals surface area contributed by atoms with Gasteiger partial charge in [0, 0.05) is 12.5 Å². The van der Waals surface area contributed by atoms with Crippen molar-refractivity contribution in [3.05, 3.63) is 52.2 Å². The molecule has 4 heterocycles. The van der Waals surface area contributed by atoms with Crippen molar-refractivity contribution < 1.29 is 14.3 Å². The number of carbonyl (C=O) groups excluding carboxylic acids is 2. The number of carbonyl (C=O) groups is 2. The molecule has 0 saturated carbocycles. The lowest BCUT2D eigenvalue weighted by molar-refractivity contribution is -0.133. The number of nitrogens with zero attached hydrogens (tertiary/aromatic N) is 1. The number of hydrogen-bond acceptors (Lipinski definition) is 4. The first-order chi connectivity index (χ1) is 12.2. The van der Waals surface area contributed by atoms with Crippen LogP contribution in [0, 0.1) is 0 Å². The Hall–Kier alpha value is -2.14. The maximum atomic E-state index is 12.9. The molecule has 3 aliphatic heterocycles. The molecule has 5 rings (SSSR count). The summed E-state index contributed by atoms with van der Waals surface area (Å²) < 4.78 is 6.39. The molecule has 25 heavy (non-hydrogen) atoms. The number of hydrogen-bond donors (Lipinski definition) is 0. The Balaban J connectivity index is 1.44. The number of para-hydroxylation sites is 1. The van der Waals surface area contributed by atoms with Crippen LogP contribution >= 0.6 is 11.3 Å². The number of rotatable bonds is 2. The second-order valence-electron chi connectivity index (χ2n) is 7.32. The second kappa shape index (κ2) is 5.43. The first-order valence-electron chi connectivity index (χ1n) is 8.80. The minimum absolute atomic E-state index is 0.0148. The van der Waals surface area contributed by atoms with Crippen molar-refractivity contribution in [2.45, 2.75) is 49.8 Å². The van der Waals surface area contributed by atoms with E-state index in [-0.39, 0.29) is 23.8 Å². The summed E-state index contributed by atoms with van der Waals surface area (Å²) in [5.41, 5.74) is 1.21. The Labute approximate surface area is 150 Å². The number of benzene rings is 1. The van der Waals surface area contributed by atoms with Gasteiger partial charge in [0.2, 0.25) is 5.91 Å². The van der Waals surface area contributed by atoms with Gasteiger partial charge < -0.3 is 9.64 Å². The minimum atomic E-state index is -0.529. The molecule has 0 N–H and O–H groups in total. The Morgan fingerprint density at radius 3 is 3.00 bits per heavy atom. The van der Waals surface area contributed by atoms with Crippen molar-refractivity contribution in [1.82, 2.24) is 4.90 Å². The molecule has 128 valence electrons. The summed E-state index contributed by atoms with van der Waals surface area (Å²) in [5, 5.41) is 4.03. The van der Waals surface area contributed by atoms with Crippen molar-refractivity contribution in [1.29, 1.82) is 0 Å². The molecule has 3 atom stereocenters. The third kappa shape index (κ3) is 2.25. The summed E-state index contributed by atoms with van der Waals surface area (Å²) in [6.07, 6.45) is 3.54. The van der Waals surface area contributed by atoms with Crippen LogP contribution in [-0.2, 0) is 11.2 Å². The molecular formula is C20H19NO3S. The fourth-order valence-electron chi connectivity index (χ4n) is 4.88. The standard InChI is InChI=1S/C20H19NO3S/c22-16-11-20(24-17-4-2-1-3-15(16)17)10-14-5-6-18(20)21(14)19(23)9-13-7-8-25-12-13/h1-4,7-8,12,14,18H,5-6,9-11H2/t14-,18-,20-/m0/s1. The van der Waals surface area contributed by atoms with E-state index in [2.05, 4.69) is 0 Å².